The zero-order valence-corrected chi connectivity index (χ0v) is 14.2. The van der Waals surface area contributed by atoms with Crippen molar-refractivity contribution in [2.24, 2.45) is 0 Å². The number of rotatable bonds is 4. The first kappa shape index (κ1) is 16.5. The number of hydrogen-bond donors (Lipinski definition) is 2. The van der Waals surface area contributed by atoms with Gasteiger partial charge in [0.15, 0.2) is 0 Å². The van der Waals surface area contributed by atoms with Crippen molar-refractivity contribution in [1.29, 1.82) is 5.26 Å². The van der Waals surface area contributed by atoms with Gasteiger partial charge < -0.3 is 5.73 Å². The molecule has 126 valence electrons. The van der Waals surface area contributed by atoms with Crippen LogP contribution in [-0.4, -0.2) is 18.2 Å². The largest absolute Gasteiger partial charge is 0.382 e. The first-order valence-electron chi connectivity index (χ1n) is 7.34. The van der Waals surface area contributed by atoms with Gasteiger partial charge in [0, 0.05) is 0 Å². The summed E-state index contributed by atoms with van der Waals surface area (Å²) in [5, 5.41) is 13.0. The highest BCUT2D eigenvalue weighted by atomic mass is 32.2. The maximum absolute atomic E-state index is 12.5. The summed E-state index contributed by atoms with van der Waals surface area (Å²) in [4.78, 5) is 0.175. The lowest BCUT2D eigenvalue weighted by atomic mass is 10.2. The predicted molar refractivity (Wildman–Crippen MR) is 94.7 cm³/mol. The van der Waals surface area contributed by atoms with Gasteiger partial charge >= 0.3 is 0 Å². The van der Waals surface area contributed by atoms with E-state index in [-0.39, 0.29) is 16.3 Å². The lowest BCUT2D eigenvalue weighted by Crippen LogP contribution is -2.13. The van der Waals surface area contributed by atoms with Gasteiger partial charge in [-0.2, -0.15) is 10.4 Å². The van der Waals surface area contributed by atoms with Crippen molar-refractivity contribution in [2.45, 2.75) is 11.8 Å². The number of benzene rings is 2. The Balaban J connectivity index is 1.93. The standard InChI is InChI=1S/C17H15N5O2S/c1-12-5-7-16(8-6-12)25(23,24)21-14-3-2-4-15(9-14)22-17(19)13(10-18)11-20-22/h2-9,11,21H,19H2,1H3. The minimum absolute atomic E-state index is 0.175. The molecule has 3 aromatic rings. The van der Waals surface area contributed by atoms with E-state index in [0.29, 0.717) is 11.4 Å². The van der Waals surface area contributed by atoms with Gasteiger partial charge in [0.1, 0.15) is 17.5 Å². The molecule has 2 aromatic carbocycles. The molecule has 0 saturated heterocycles. The molecule has 0 spiro atoms. The van der Waals surface area contributed by atoms with Crippen LogP contribution in [0.1, 0.15) is 11.1 Å². The number of nitrogen functional groups attached to an aromatic ring is 1. The molecule has 0 radical (unpaired) electrons. The molecule has 0 aliphatic heterocycles. The topological polar surface area (TPSA) is 114 Å². The minimum Gasteiger partial charge on any atom is -0.382 e. The van der Waals surface area contributed by atoms with Crippen LogP contribution in [0.25, 0.3) is 5.69 Å². The van der Waals surface area contributed by atoms with Crippen LogP contribution in [0, 0.1) is 18.3 Å². The fourth-order valence-electron chi connectivity index (χ4n) is 2.28. The third-order valence-corrected chi connectivity index (χ3v) is 5.00. The Hall–Kier alpha value is -3.31. The van der Waals surface area contributed by atoms with Crippen LogP contribution in [0.15, 0.2) is 59.6 Å². The molecule has 0 atom stereocenters. The molecule has 3 rings (SSSR count). The molecular formula is C17H15N5O2S. The smallest absolute Gasteiger partial charge is 0.261 e. The Labute approximate surface area is 145 Å². The molecule has 1 heterocycles. The molecule has 7 nitrogen and oxygen atoms in total. The van der Waals surface area contributed by atoms with Crippen LogP contribution in [-0.2, 0) is 10.0 Å². The van der Waals surface area contributed by atoms with Crippen molar-refractivity contribution in [2.75, 3.05) is 10.5 Å². The lowest BCUT2D eigenvalue weighted by molar-refractivity contribution is 0.601. The van der Waals surface area contributed by atoms with E-state index in [1.807, 2.05) is 13.0 Å². The summed E-state index contributed by atoms with van der Waals surface area (Å²) < 4.78 is 28.9. The fraction of sp³-hybridized carbons (Fsp3) is 0.0588. The van der Waals surface area contributed by atoms with Crippen LogP contribution in [0.3, 0.4) is 0 Å². The highest BCUT2D eigenvalue weighted by Crippen LogP contribution is 2.22. The molecule has 0 unspecified atom stereocenters. The van der Waals surface area contributed by atoms with Gasteiger partial charge in [-0.05, 0) is 37.3 Å². The van der Waals surface area contributed by atoms with E-state index in [1.54, 1.807) is 48.5 Å². The summed E-state index contributed by atoms with van der Waals surface area (Å²) in [6.45, 7) is 1.89. The number of nitriles is 1. The highest BCUT2D eigenvalue weighted by molar-refractivity contribution is 7.92. The van der Waals surface area contributed by atoms with Gasteiger partial charge in [-0.1, -0.05) is 23.8 Å². The van der Waals surface area contributed by atoms with E-state index in [4.69, 9.17) is 11.0 Å². The number of anilines is 2. The molecular weight excluding hydrogens is 338 g/mol. The van der Waals surface area contributed by atoms with Gasteiger partial charge in [-0.25, -0.2) is 13.1 Å². The van der Waals surface area contributed by atoms with Crippen LogP contribution in [0.5, 0.6) is 0 Å². The monoisotopic (exact) mass is 353 g/mol. The second-order valence-electron chi connectivity index (χ2n) is 5.44. The van der Waals surface area contributed by atoms with Crippen molar-refractivity contribution in [3.05, 3.63) is 65.9 Å². The zero-order chi connectivity index (χ0) is 18.0. The second kappa shape index (κ2) is 6.30. The zero-order valence-electron chi connectivity index (χ0n) is 13.3. The van der Waals surface area contributed by atoms with E-state index < -0.39 is 10.0 Å². The van der Waals surface area contributed by atoms with Crippen molar-refractivity contribution in [1.82, 2.24) is 9.78 Å². The summed E-state index contributed by atoms with van der Waals surface area (Å²) in [7, 11) is -3.70. The first-order valence-corrected chi connectivity index (χ1v) is 8.82. The summed E-state index contributed by atoms with van der Waals surface area (Å²) in [5.41, 5.74) is 8.01. The Morgan fingerprint density at radius 2 is 1.92 bits per heavy atom. The number of aromatic nitrogens is 2. The van der Waals surface area contributed by atoms with E-state index in [0.717, 1.165) is 5.56 Å². The Morgan fingerprint density at radius 3 is 2.56 bits per heavy atom. The Morgan fingerprint density at radius 1 is 1.20 bits per heavy atom. The molecule has 1 aromatic heterocycles. The van der Waals surface area contributed by atoms with Gasteiger partial charge in [-0.3, -0.25) is 4.72 Å². The van der Waals surface area contributed by atoms with E-state index in [1.165, 1.54) is 10.9 Å². The number of nitrogens with two attached hydrogens (primary N) is 1. The normalized spacial score (nSPS) is 11.0. The summed E-state index contributed by atoms with van der Waals surface area (Å²) in [5.74, 6) is 0.195. The molecule has 0 aliphatic rings. The average molecular weight is 353 g/mol. The highest BCUT2D eigenvalue weighted by Gasteiger charge is 2.15. The maximum Gasteiger partial charge on any atom is 0.261 e. The molecule has 0 saturated carbocycles. The average Bonchev–Trinajstić information content (AvgIpc) is 2.96. The van der Waals surface area contributed by atoms with E-state index in [2.05, 4.69) is 9.82 Å². The Kier molecular flexibility index (Phi) is 4.17. The molecule has 0 aliphatic carbocycles. The number of nitrogens with zero attached hydrogens (tertiary/aromatic N) is 3. The summed E-state index contributed by atoms with van der Waals surface area (Å²) in [6, 6.07) is 15.1. The molecule has 3 N–H and O–H groups in total. The van der Waals surface area contributed by atoms with Crippen molar-refractivity contribution in [3.8, 4) is 11.8 Å². The van der Waals surface area contributed by atoms with Gasteiger partial charge in [0.2, 0.25) is 0 Å². The fourth-order valence-corrected chi connectivity index (χ4v) is 3.33. The number of nitrogens with one attached hydrogen (secondary N) is 1. The number of aryl methyl sites for hydroxylation is 1. The van der Waals surface area contributed by atoms with Crippen molar-refractivity contribution < 1.29 is 8.42 Å². The second-order valence-corrected chi connectivity index (χ2v) is 7.12. The summed E-state index contributed by atoms with van der Waals surface area (Å²) in [6.07, 6.45) is 1.36. The van der Waals surface area contributed by atoms with Crippen LogP contribution in [0.2, 0.25) is 0 Å². The maximum atomic E-state index is 12.5. The van der Waals surface area contributed by atoms with Crippen LogP contribution < -0.4 is 10.5 Å². The molecule has 0 fully saturated rings. The SMILES string of the molecule is Cc1ccc(S(=O)(=O)Nc2cccc(-n3ncc(C#N)c3N)c2)cc1. The van der Waals surface area contributed by atoms with Gasteiger partial charge in [0.05, 0.1) is 22.5 Å². The minimum atomic E-state index is -3.70. The third kappa shape index (κ3) is 3.32. The van der Waals surface area contributed by atoms with Crippen LogP contribution in [0.4, 0.5) is 11.5 Å². The molecule has 8 heteroatoms. The van der Waals surface area contributed by atoms with E-state index >= 15 is 0 Å². The van der Waals surface area contributed by atoms with Crippen molar-refractivity contribution >= 4 is 21.5 Å². The number of hydrogen-bond acceptors (Lipinski definition) is 5. The molecule has 25 heavy (non-hydrogen) atoms. The van der Waals surface area contributed by atoms with Gasteiger partial charge in [0.25, 0.3) is 10.0 Å². The molecule has 0 bridgehead atoms. The van der Waals surface area contributed by atoms with Crippen LogP contribution >= 0.6 is 0 Å². The Bertz CT molecular complexity index is 1060. The van der Waals surface area contributed by atoms with Crippen molar-refractivity contribution in [3.63, 3.8) is 0 Å². The summed E-state index contributed by atoms with van der Waals surface area (Å²) >= 11 is 0. The van der Waals surface area contributed by atoms with Gasteiger partial charge in [-0.15, -0.1) is 0 Å². The third-order valence-electron chi connectivity index (χ3n) is 3.60. The van der Waals surface area contributed by atoms with E-state index in [9.17, 15) is 8.42 Å². The predicted octanol–water partition coefficient (Wildman–Crippen LogP) is 2.44. The number of sulfonamides is 1. The first-order chi connectivity index (χ1) is 11.9. The molecule has 0 amide bonds. The quantitative estimate of drug-likeness (QED) is 0.748. The lowest BCUT2D eigenvalue weighted by Gasteiger charge is -2.10.